The molecule has 1 heterocycles. The van der Waals surface area contributed by atoms with Crippen LogP contribution in [-0.4, -0.2) is 27.0 Å². The summed E-state index contributed by atoms with van der Waals surface area (Å²) in [6.45, 7) is 0. The van der Waals surface area contributed by atoms with Crippen LogP contribution in [0.3, 0.4) is 0 Å². The largest absolute Gasteiger partial charge is 0.481 e. The van der Waals surface area contributed by atoms with Gasteiger partial charge in [-0.1, -0.05) is 30.3 Å². The minimum Gasteiger partial charge on any atom is -0.481 e. The standard InChI is InChI=1S/C20H19N3O3/c21-20(26)14-10-11-15-17(12-14)22-16(8-4-5-9-18(24)25)19(23-15)13-6-2-1-3-7-13/h1-3,6-7,10-12H,4-5,8-9H2,(H2,21,26)(H,24,25). The van der Waals surface area contributed by atoms with E-state index in [-0.39, 0.29) is 6.42 Å². The van der Waals surface area contributed by atoms with Crippen molar-refractivity contribution in [1.29, 1.82) is 0 Å². The summed E-state index contributed by atoms with van der Waals surface area (Å²) in [7, 11) is 0. The number of carboxylic acids is 1. The number of carboxylic acid groups (broad SMARTS) is 1. The Kier molecular flexibility index (Phi) is 5.22. The van der Waals surface area contributed by atoms with Crippen molar-refractivity contribution >= 4 is 22.9 Å². The number of primary amides is 1. The Morgan fingerprint density at radius 2 is 1.73 bits per heavy atom. The monoisotopic (exact) mass is 349 g/mol. The number of amides is 1. The van der Waals surface area contributed by atoms with Gasteiger partial charge in [0.2, 0.25) is 5.91 Å². The molecule has 6 heteroatoms. The number of aryl methyl sites for hydroxylation is 1. The highest BCUT2D eigenvalue weighted by Gasteiger charge is 2.12. The molecule has 0 atom stereocenters. The highest BCUT2D eigenvalue weighted by molar-refractivity contribution is 5.96. The van der Waals surface area contributed by atoms with Gasteiger partial charge in [-0.25, -0.2) is 9.97 Å². The first-order valence-corrected chi connectivity index (χ1v) is 8.42. The summed E-state index contributed by atoms with van der Waals surface area (Å²) in [5.74, 6) is -1.31. The predicted molar refractivity (Wildman–Crippen MR) is 98.7 cm³/mol. The third kappa shape index (κ3) is 4.03. The molecule has 26 heavy (non-hydrogen) atoms. The lowest BCUT2D eigenvalue weighted by Gasteiger charge is -2.10. The lowest BCUT2D eigenvalue weighted by Crippen LogP contribution is -2.11. The van der Waals surface area contributed by atoms with Gasteiger partial charge in [0.05, 0.1) is 22.4 Å². The number of rotatable bonds is 7. The van der Waals surface area contributed by atoms with Crippen LogP contribution in [0, 0.1) is 0 Å². The lowest BCUT2D eigenvalue weighted by molar-refractivity contribution is -0.137. The molecule has 3 N–H and O–H groups in total. The molecule has 0 saturated carbocycles. The molecule has 0 spiro atoms. The van der Waals surface area contributed by atoms with Gasteiger partial charge in [-0.2, -0.15) is 0 Å². The van der Waals surface area contributed by atoms with Crippen LogP contribution in [0.2, 0.25) is 0 Å². The van der Waals surface area contributed by atoms with Gasteiger partial charge in [0.15, 0.2) is 0 Å². The van der Waals surface area contributed by atoms with Crippen LogP contribution in [0.5, 0.6) is 0 Å². The fourth-order valence-corrected chi connectivity index (χ4v) is 2.81. The first kappa shape index (κ1) is 17.5. The number of aromatic nitrogens is 2. The number of carbonyl (C=O) groups is 2. The van der Waals surface area contributed by atoms with E-state index in [1.165, 1.54) is 0 Å². The number of benzene rings is 2. The minimum absolute atomic E-state index is 0.132. The maximum Gasteiger partial charge on any atom is 0.303 e. The highest BCUT2D eigenvalue weighted by atomic mass is 16.4. The number of nitrogens with two attached hydrogens (primary N) is 1. The quantitative estimate of drug-likeness (QED) is 0.637. The van der Waals surface area contributed by atoms with Crippen molar-refractivity contribution in [2.45, 2.75) is 25.7 Å². The molecule has 0 saturated heterocycles. The van der Waals surface area contributed by atoms with Gasteiger partial charge < -0.3 is 10.8 Å². The van der Waals surface area contributed by atoms with E-state index in [1.807, 2.05) is 30.3 Å². The second-order valence-corrected chi connectivity index (χ2v) is 6.05. The van der Waals surface area contributed by atoms with Crippen LogP contribution in [0.4, 0.5) is 0 Å². The molecular formula is C20H19N3O3. The van der Waals surface area contributed by atoms with Gasteiger partial charge >= 0.3 is 5.97 Å². The Morgan fingerprint density at radius 3 is 2.42 bits per heavy atom. The van der Waals surface area contributed by atoms with Crippen LogP contribution >= 0.6 is 0 Å². The third-order valence-corrected chi connectivity index (χ3v) is 4.12. The summed E-state index contributed by atoms with van der Waals surface area (Å²) in [6.07, 6.45) is 2.02. The van der Waals surface area contributed by atoms with Gasteiger partial charge in [0.1, 0.15) is 0 Å². The summed E-state index contributed by atoms with van der Waals surface area (Å²) >= 11 is 0. The maximum absolute atomic E-state index is 11.4. The van der Waals surface area contributed by atoms with Crippen molar-refractivity contribution in [3.63, 3.8) is 0 Å². The Balaban J connectivity index is 2.01. The number of unbranched alkanes of at least 4 members (excludes halogenated alkanes) is 1. The molecule has 0 aliphatic carbocycles. The van der Waals surface area contributed by atoms with E-state index in [9.17, 15) is 9.59 Å². The molecule has 6 nitrogen and oxygen atoms in total. The van der Waals surface area contributed by atoms with Crippen LogP contribution in [0.1, 0.15) is 35.3 Å². The first-order valence-electron chi connectivity index (χ1n) is 8.42. The molecule has 0 fully saturated rings. The molecule has 0 radical (unpaired) electrons. The number of fused-ring (bicyclic) bond motifs is 1. The predicted octanol–water partition coefficient (Wildman–Crippen LogP) is 3.19. The molecule has 132 valence electrons. The van der Waals surface area contributed by atoms with Crippen LogP contribution in [0.15, 0.2) is 48.5 Å². The second kappa shape index (κ2) is 7.74. The molecule has 3 rings (SSSR count). The van der Waals surface area contributed by atoms with Crippen molar-refractivity contribution in [2.24, 2.45) is 5.73 Å². The molecular weight excluding hydrogens is 330 g/mol. The Bertz CT molecular complexity index is 955. The SMILES string of the molecule is NC(=O)c1ccc2nc(-c3ccccc3)c(CCCCC(=O)O)nc2c1. The van der Waals surface area contributed by atoms with Crippen molar-refractivity contribution in [2.75, 3.05) is 0 Å². The summed E-state index contributed by atoms with van der Waals surface area (Å²) in [6, 6.07) is 14.8. The number of nitrogens with zero attached hydrogens (tertiary/aromatic N) is 2. The van der Waals surface area contributed by atoms with Crippen LogP contribution in [0.25, 0.3) is 22.3 Å². The molecule has 1 amide bonds. The van der Waals surface area contributed by atoms with E-state index in [2.05, 4.69) is 0 Å². The molecule has 0 aliphatic heterocycles. The van der Waals surface area contributed by atoms with Gasteiger partial charge in [-0.3, -0.25) is 9.59 Å². The second-order valence-electron chi connectivity index (χ2n) is 6.05. The zero-order chi connectivity index (χ0) is 18.5. The van der Waals surface area contributed by atoms with E-state index in [0.717, 1.165) is 17.0 Å². The summed E-state index contributed by atoms with van der Waals surface area (Å²) in [4.78, 5) is 31.5. The number of hydrogen-bond acceptors (Lipinski definition) is 4. The normalized spacial score (nSPS) is 10.8. The average Bonchev–Trinajstić information content (AvgIpc) is 2.64. The fourth-order valence-electron chi connectivity index (χ4n) is 2.81. The number of carbonyl (C=O) groups excluding carboxylic acids is 1. The van der Waals surface area contributed by atoms with Crippen LogP contribution < -0.4 is 5.73 Å². The highest BCUT2D eigenvalue weighted by Crippen LogP contribution is 2.25. The van der Waals surface area contributed by atoms with Gasteiger partial charge in [-0.05, 0) is 37.5 Å². The minimum atomic E-state index is -0.802. The van der Waals surface area contributed by atoms with E-state index in [1.54, 1.807) is 18.2 Å². The number of aliphatic carboxylic acids is 1. The van der Waals surface area contributed by atoms with Crippen molar-refractivity contribution in [3.05, 3.63) is 59.8 Å². The molecule has 2 aromatic carbocycles. The van der Waals surface area contributed by atoms with E-state index < -0.39 is 11.9 Å². The smallest absolute Gasteiger partial charge is 0.303 e. The maximum atomic E-state index is 11.4. The fraction of sp³-hybridized carbons (Fsp3) is 0.200. The van der Waals surface area contributed by atoms with Gasteiger partial charge in [-0.15, -0.1) is 0 Å². The van der Waals surface area contributed by atoms with Crippen molar-refractivity contribution in [1.82, 2.24) is 9.97 Å². The zero-order valence-electron chi connectivity index (χ0n) is 14.2. The van der Waals surface area contributed by atoms with Gasteiger partial charge in [0.25, 0.3) is 0 Å². The first-order chi connectivity index (χ1) is 12.5. The van der Waals surface area contributed by atoms with E-state index in [0.29, 0.717) is 35.9 Å². The lowest BCUT2D eigenvalue weighted by atomic mass is 10.0. The Morgan fingerprint density at radius 1 is 0.962 bits per heavy atom. The molecule has 0 aliphatic rings. The molecule has 0 bridgehead atoms. The Labute approximate surface area is 150 Å². The Hall–Kier alpha value is -3.28. The average molecular weight is 349 g/mol. The van der Waals surface area contributed by atoms with Crippen LogP contribution in [-0.2, 0) is 11.2 Å². The summed E-state index contributed by atoms with van der Waals surface area (Å²) in [5.41, 5.74) is 9.54. The zero-order valence-corrected chi connectivity index (χ0v) is 14.2. The third-order valence-electron chi connectivity index (χ3n) is 4.12. The molecule has 0 unspecified atom stereocenters. The number of hydrogen-bond donors (Lipinski definition) is 2. The summed E-state index contributed by atoms with van der Waals surface area (Å²) in [5, 5.41) is 8.80. The van der Waals surface area contributed by atoms with E-state index >= 15 is 0 Å². The summed E-state index contributed by atoms with van der Waals surface area (Å²) < 4.78 is 0. The van der Waals surface area contributed by atoms with E-state index in [4.69, 9.17) is 20.8 Å². The van der Waals surface area contributed by atoms with Crippen molar-refractivity contribution < 1.29 is 14.7 Å². The topological polar surface area (TPSA) is 106 Å². The molecule has 3 aromatic rings. The van der Waals surface area contributed by atoms with Crippen molar-refractivity contribution in [3.8, 4) is 11.3 Å². The van der Waals surface area contributed by atoms with Gasteiger partial charge in [0, 0.05) is 17.5 Å². The molecule has 1 aromatic heterocycles.